The van der Waals surface area contributed by atoms with Gasteiger partial charge in [-0.15, -0.1) is 10.2 Å². The first kappa shape index (κ1) is 16.9. The van der Waals surface area contributed by atoms with E-state index in [0.29, 0.717) is 29.2 Å². The highest BCUT2D eigenvalue weighted by Crippen LogP contribution is 2.26. The van der Waals surface area contributed by atoms with Gasteiger partial charge in [0.2, 0.25) is 11.1 Å². The van der Waals surface area contributed by atoms with Crippen molar-refractivity contribution < 1.29 is 9.59 Å². The number of nitrogens with one attached hydrogen (secondary N) is 2. The van der Waals surface area contributed by atoms with E-state index in [2.05, 4.69) is 25.5 Å². The fourth-order valence-corrected chi connectivity index (χ4v) is 4.02. The number of H-pyrrole nitrogens is 1. The molecule has 5 rings (SSSR count). The molecule has 0 spiro atoms. The van der Waals surface area contributed by atoms with E-state index in [0.717, 1.165) is 27.7 Å². The van der Waals surface area contributed by atoms with Crippen LogP contribution in [0.2, 0.25) is 0 Å². The highest BCUT2D eigenvalue weighted by molar-refractivity contribution is 7.99. The van der Waals surface area contributed by atoms with Gasteiger partial charge in [-0.3, -0.25) is 9.59 Å². The first-order chi connectivity index (χ1) is 13.7. The number of benzene rings is 2. The number of carbonyl (C=O) groups excluding carboxylic acids is 2. The van der Waals surface area contributed by atoms with Crippen molar-refractivity contribution in [2.45, 2.75) is 18.0 Å². The molecule has 4 aromatic rings. The van der Waals surface area contributed by atoms with Crippen LogP contribution >= 0.6 is 11.8 Å². The summed E-state index contributed by atoms with van der Waals surface area (Å²) >= 11 is 1.26. The summed E-state index contributed by atoms with van der Waals surface area (Å²) in [5.74, 6) is 0.225. The smallest absolute Gasteiger partial charge is 0.224 e. The lowest BCUT2D eigenvalue weighted by atomic mass is 9.99. The highest BCUT2D eigenvalue weighted by Gasteiger charge is 2.17. The fourth-order valence-electron chi connectivity index (χ4n) is 3.34. The molecular weight excluding hydrogens is 374 g/mol. The molecule has 28 heavy (non-hydrogen) atoms. The van der Waals surface area contributed by atoms with Crippen molar-refractivity contribution in [2.75, 3.05) is 11.1 Å². The molecule has 3 heterocycles. The molecule has 138 valence electrons. The third-order valence-corrected chi connectivity index (χ3v) is 5.60. The Balaban J connectivity index is 1.33. The number of hydrogen-bond donors (Lipinski definition) is 2. The Kier molecular flexibility index (Phi) is 4.05. The predicted octanol–water partition coefficient (Wildman–Crippen LogP) is 3.37. The van der Waals surface area contributed by atoms with Crippen LogP contribution in [0.25, 0.3) is 22.1 Å². The molecule has 8 heteroatoms. The summed E-state index contributed by atoms with van der Waals surface area (Å²) in [6.45, 7) is 0. The van der Waals surface area contributed by atoms with Crippen LogP contribution in [0.4, 0.5) is 5.69 Å². The van der Waals surface area contributed by atoms with Gasteiger partial charge >= 0.3 is 0 Å². The van der Waals surface area contributed by atoms with Crippen LogP contribution in [0.1, 0.15) is 22.3 Å². The standard InChI is InChI=1S/C20H15N5O2S/c26-16(12-5-7-14-11(9-12)6-8-17(27)21-14)10-28-20-23-19-18(24-25-20)13-3-1-2-4-15(13)22-19/h1-5,7,9H,6,8,10H2,(H,21,27)(H,22,23,25). The Morgan fingerprint density at radius 3 is 2.93 bits per heavy atom. The van der Waals surface area contributed by atoms with Gasteiger partial charge < -0.3 is 10.3 Å². The van der Waals surface area contributed by atoms with E-state index in [1.807, 2.05) is 30.3 Å². The molecule has 0 saturated heterocycles. The summed E-state index contributed by atoms with van der Waals surface area (Å²) in [6, 6.07) is 13.2. The van der Waals surface area contributed by atoms with Gasteiger partial charge in [-0.2, -0.15) is 0 Å². The number of thioether (sulfide) groups is 1. The van der Waals surface area contributed by atoms with E-state index in [-0.39, 0.29) is 17.4 Å². The van der Waals surface area contributed by atoms with Crippen molar-refractivity contribution in [2.24, 2.45) is 0 Å². The Bertz CT molecular complexity index is 1250. The molecule has 0 bridgehead atoms. The van der Waals surface area contributed by atoms with E-state index < -0.39 is 0 Å². The van der Waals surface area contributed by atoms with Gasteiger partial charge in [-0.1, -0.05) is 30.0 Å². The Morgan fingerprint density at radius 1 is 1.11 bits per heavy atom. The second-order valence-corrected chi connectivity index (χ2v) is 7.54. The summed E-state index contributed by atoms with van der Waals surface area (Å²) in [6.07, 6.45) is 1.10. The molecule has 7 nitrogen and oxygen atoms in total. The summed E-state index contributed by atoms with van der Waals surface area (Å²) in [5, 5.41) is 12.7. The lowest BCUT2D eigenvalue weighted by molar-refractivity contribution is -0.116. The van der Waals surface area contributed by atoms with Crippen molar-refractivity contribution in [3.63, 3.8) is 0 Å². The number of Topliss-reactive ketones (excluding diaryl/α,β-unsaturated/α-hetero) is 1. The summed E-state index contributed by atoms with van der Waals surface area (Å²) in [5.41, 5.74) is 4.75. The lowest BCUT2D eigenvalue weighted by Crippen LogP contribution is -2.19. The number of para-hydroxylation sites is 1. The van der Waals surface area contributed by atoms with Crippen LogP contribution in [0, 0.1) is 0 Å². The third kappa shape index (κ3) is 3.01. The van der Waals surface area contributed by atoms with Gasteiger partial charge in [0, 0.05) is 28.6 Å². The minimum absolute atomic E-state index is 0.00922. The molecular formula is C20H15N5O2S. The number of fused-ring (bicyclic) bond motifs is 4. The van der Waals surface area contributed by atoms with Crippen molar-refractivity contribution in [1.29, 1.82) is 0 Å². The average molecular weight is 389 g/mol. The van der Waals surface area contributed by atoms with Crippen LogP contribution in [0.5, 0.6) is 0 Å². The molecule has 2 aromatic heterocycles. The topological polar surface area (TPSA) is 101 Å². The Morgan fingerprint density at radius 2 is 2.00 bits per heavy atom. The Hall–Kier alpha value is -3.26. The van der Waals surface area contributed by atoms with E-state index in [4.69, 9.17) is 0 Å². The van der Waals surface area contributed by atoms with Gasteiger partial charge in [-0.25, -0.2) is 4.98 Å². The van der Waals surface area contributed by atoms with Crippen molar-refractivity contribution in [1.82, 2.24) is 20.2 Å². The molecule has 0 unspecified atom stereocenters. The minimum atomic E-state index is -0.00922. The molecule has 1 amide bonds. The van der Waals surface area contributed by atoms with E-state index >= 15 is 0 Å². The first-order valence-electron chi connectivity index (χ1n) is 8.87. The molecule has 1 aliphatic rings. The SMILES string of the molecule is O=C1CCc2cc(C(=O)CSc3nnc4c(n3)[nH]c3ccccc34)ccc2N1. The molecule has 0 aliphatic carbocycles. The third-order valence-electron chi connectivity index (χ3n) is 4.76. The van der Waals surface area contributed by atoms with E-state index in [9.17, 15) is 9.59 Å². The number of hydrogen-bond acceptors (Lipinski definition) is 6. The number of anilines is 1. The molecule has 0 saturated carbocycles. The van der Waals surface area contributed by atoms with Crippen LogP contribution in [-0.4, -0.2) is 37.6 Å². The molecule has 0 radical (unpaired) electrons. The highest BCUT2D eigenvalue weighted by atomic mass is 32.2. The number of aryl methyl sites for hydroxylation is 1. The van der Waals surface area contributed by atoms with Crippen molar-refractivity contribution >= 4 is 51.2 Å². The van der Waals surface area contributed by atoms with Crippen LogP contribution in [0.3, 0.4) is 0 Å². The van der Waals surface area contributed by atoms with E-state index in [1.165, 1.54) is 11.8 Å². The van der Waals surface area contributed by atoms with Crippen molar-refractivity contribution in [3.8, 4) is 0 Å². The van der Waals surface area contributed by atoms with Gasteiger partial charge in [0.25, 0.3) is 0 Å². The molecule has 0 atom stereocenters. The Labute approximate surface area is 164 Å². The van der Waals surface area contributed by atoms with Gasteiger partial charge in [-0.05, 0) is 36.2 Å². The maximum absolute atomic E-state index is 12.6. The van der Waals surface area contributed by atoms with Crippen molar-refractivity contribution in [3.05, 3.63) is 53.6 Å². The zero-order valence-electron chi connectivity index (χ0n) is 14.7. The summed E-state index contributed by atoms with van der Waals surface area (Å²) in [4.78, 5) is 31.8. The normalized spacial score (nSPS) is 13.5. The van der Waals surface area contributed by atoms with Crippen LogP contribution in [0.15, 0.2) is 47.6 Å². The molecule has 2 aromatic carbocycles. The molecule has 0 fully saturated rings. The maximum Gasteiger partial charge on any atom is 0.224 e. The number of rotatable bonds is 4. The predicted molar refractivity (Wildman–Crippen MR) is 108 cm³/mol. The number of aromatic amines is 1. The number of ketones is 1. The van der Waals surface area contributed by atoms with Crippen LogP contribution in [-0.2, 0) is 11.2 Å². The van der Waals surface area contributed by atoms with Gasteiger partial charge in [0.15, 0.2) is 11.4 Å². The average Bonchev–Trinajstić information content (AvgIpc) is 3.09. The number of carbonyl (C=O) groups is 2. The number of nitrogens with zero attached hydrogens (tertiary/aromatic N) is 3. The number of aromatic nitrogens is 4. The largest absolute Gasteiger partial charge is 0.338 e. The summed E-state index contributed by atoms with van der Waals surface area (Å²) in [7, 11) is 0. The fraction of sp³-hybridized carbons (Fsp3) is 0.150. The second-order valence-electron chi connectivity index (χ2n) is 6.59. The quantitative estimate of drug-likeness (QED) is 0.410. The maximum atomic E-state index is 12.6. The minimum Gasteiger partial charge on any atom is -0.338 e. The lowest BCUT2D eigenvalue weighted by Gasteiger charge is -2.17. The van der Waals surface area contributed by atoms with E-state index in [1.54, 1.807) is 12.1 Å². The van der Waals surface area contributed by atoms with Gasteiger partial charge in [0.05, 0.1) is 5.75 Å². The zero-order chi connectivity index (χ0) is 19.1. The van der Waals surface area contributed by atoms with Crippen LogP contribution < -0.4 is 5.32 Å². The second kappa shape index (κ2) is 6.72. The summed E-state index contributed by atoms with van der Waals surface area (Å²) < 4.78 is 0. The number of amides is 1. The van der Waals surface area contributed by atoms with Gasteiger partial charge in [0.1, 0.15) is 5.52 Å². The molecule has 2 N–H and O–H groups in total. The monoisotopic (exact) mass is 389 g/mol. The zero-order valence-corrected chi connectivity index (χ0v) is 15.5. The molecule has 1 aliphatic heterocycles. The first-order valence-corrected chi connectivity index (χ1v) is 9.86.